The van der Waals surface area contributed by atoms with Crippen molar-refractivity contribution in [3.63, 3.8) is 0 Å². The summed E-state index contributed by atoms with van der Waals surface area (Å²) >= 11 is 0. The normalized spacial score (nSPS) is 16.0. The first-order chi connectivity index (χ1) is 15.6. The standard InChI is InChI=1S/C22H25N5O5/c1-23-22(28)27-8-9-31-15(12-27)13-32-21-20-17(24-6-7-25-20)11-16(26-21)14-4-5-18(29-2)19(10-14)30-3/h4-7,10-11,15H,8-9,12-13H2,1-3H3,(H,23,28). The van der Waals surface area contributed by atoms with E-state index in [0.717, 1.165) is 5.56 Å². The molecule has 1 atom stereocenters. The number of urea groups is 1. The molecular weight excluding hydrogens is 414 g/mol. The van der Waals surface area contributed by atoms with Crippen molar-refractivity contribution in [3.05, 3.63) is 36.7 Å². The number of amides is 2. The zero-order valence-corrected chi connectivity index (χ0v) is 18.2. The van der Waals surface area contributed by atoms with Crippen LogP contribution in [0.4, 0.5) is 4.79 Å². The number of rotatable bonds is 6. The van der Waals surface area contributed by atoms with Crippen molar-refractivity contribution < 1.29 is 23.7 Å². The lowest BCUT2D eigenvalue weighted by Gasteiger charge is -2.32. The van der Waals surface area contributed by atoms with E-state index < -0.39 is 0 Å². The highest BCUT2D eigenvalue weighted by Gasteiger charge is 2.25. The molecule has 10 nitrogen and oxygen atoms in total. The van der Waals surface area contributed by atoms with Gasteiger partial charge in [0.05, 0.1) is 38.6 Å². The summed E-state index contributed by atoms with van der Waals surface area (Å²) in [5, 5.41) is 2.64. The Balaban J connectivity index is 1.61. The molecule has 0 spiro atoms. The molecule has 32 heavy (non-hydrogen) atoms. The van der Waals surface area contributed by atoms with E-state index in [0.29, 0.717) is 53.8 Å². The lowest BCUT2D eigenvalue weighted by Crippen LogP contribution is -2.50. The first kappa shape index (κ1) is 21.6. The molecule has 0 saturated carbocycles. The van der Waals surface area contributed by atoms with Crippen molar-refractivity contribution in [1.82, 2.24) is 25.2 Å². The largest absolute Gasteiger partial charge is 0.493 e. The maximum atomic E-state index is 11.9. The van der Waals surface area contributed by atoms with Crippen molar-refractivity contribution >= 4 is 17.1 Å². The van der Waals surface area contributed by atoms with Crippen LogP contribution < -0.4 is 19.5 Å². The van der Waals surface area contributed by atoms with Gasteiger partial charge in [-0.1, -0.05) is 0 Å². The number of nitrogens with one attached hydrogen (secondary N) is 1. The average molecular weight is 439 g/mol. The Bertz CT molecular complexity index is 1110. The summed E-state index contributed by atoms with van der Waals surface area (Å²) in [6.07, 6.45) is 2.94. The Labute approximate surface area is 185 Å². The van der Waals surface area contributed by atoms with Gasteiger partial charge in [-0.05, 0) is 24.3 Å². The molecule has 2 amide bonds. The molecule has 3 heterocycles. The van der Waals surface area contributed by atoms with Gasteiger partial charge >= 0.3 is 6.03 Å². The molecule has 1 unspecified atom stereocenters. The van der Waals surface area contributed by atoms with E-state index in [1.54, 1.807) is 38.6 Å². The molecule has 0 aliphatic carbocycles. The first-order valence-electron chi connectivity index (χ1n) is 10.2. The topological polar surface area (TPSA) is 108 Å². The predicted octanol–water partition coefficient (Wildman–Crippen LogP) is 2.13. The number of aromatic nitrogens is 3. The summed E-state index contributed by atoms with van der Waals surface area (Å²) in [7, 11) is 4.78. The Kier molecular flexibility index (Phi) is 6.50. The summed E-state index contributed by atoms with van der Waals surface area (Å²) < 4.78 is 22.5. The number of morpholine rings is 1. The quantitative estimate of drug-likeness (QED) is 0.622. The molecule has 3 aromatic rings. The van der Waals surface area contributed by atoms with Crippen LogP contribution in [0, 0.1) is 0 Å². The minimum absolute atomic E-state index is 0.136. The highest BCUT2D eigenvalue weighted by Crippen LogP contribution is 2.33. The van der Waals surface area contributed by atoms with E-state index in [1.165, 1.54) is 0 Å². The van der Waals surface area contributed by atoms with Gasteiger partial charge in [-0.2, -0.15) is 0 Å². The SMILES string of the molecule is CNC(=O)N1CCOC(COc2nc(-c3ccc(OC)c(OC)c3)cc3nccnc23)C1. The van der Waals surface area contributed by atoms with Gasteiger partial charge in [0.15, 0.2) is 17.0 Å². The zero-order chi connectivity index (χ0) is 22.5. The highest BCUT2D eigenvalue weighted by molar-refractivity contribution is 5.83. The molecule has 168 valence electrons. The van der Waals surface area contributed by atoms with Gasteiger partial charge in [-0.25, -0.2) is 14.8 Å². The second-order valence-corrected chi connectivity index (χ2v) is 7.11. The third kappa shape index (κ3) is 4.50. The summed E-state index contributed by atoms with van der Waals surface area (Å²) in [5.41, 5.74) is 2.68. The second-order valence-electron chi connectivity index (χ2n) is 7.11. The van der Waals surface area contributed by atoms with E-state index in [1.807, 2.05) is 24.3 Å². The molecule has 1 aromatic carbocycles. The van der Waals surface area contributed by atoms with Crippen LogP contribution in [0.15, 0.2) is 36.7 Å². The lowest BCUT2D eigenvalue weighted by atomic mass is 10.1. The molecule has 0 radical (unpaired) electrons. The summed E-state index contributed by atoms with van der Waals surface area (Å²) in [6.45, 7) is 1.64. The number of fused-ring (bicyclic) bond motifs is 1. The van der Waals surface area contributed by atoms with Crippen LogP contribution in [0.5, 0.6) is 17.4 Å². The summed E-state index contributed by atoms with van der Waals surface area (Å²) in [6, 6.07) is 7.27. The van der Waals surface area contributed by atoms with Gasteiger partial charge in [0.2, 0.25) is 5.88 Å². The van der Waals surface area contributed by atoms with Crippen LogP contribution in [0.1, 0.15) is 0 Å². The molecule has 1 N–H and O–H groups in total. The molecule has 4 rings (SSSR count). The zero-order valence-electron chi connectivity index (χ0n) is 18.2. The number of hydrogen-bond donors (Lipinski definition) is 1. The van der Waals surface area contributed by atoms with Gasteiger partial charge in [0.1, 0.15) is 12.7 Å². The van der Waals surface area contributed by atoms with E-state index >= 15 is 0 Å². The number of carbonyl (C=O) groups excluding carboxylic acids is 1. The fraction of sp³-hybridized carbons (Fsp3) is 0.364. The monoisotopic (exact) mass is 439 g/mol. The van der Waals surface area contributed by atoms with Crippen molar-refractivity contribution in [2.75, 3.05) is 47.6 Å². The van der Waals surface area contributed by atoms with Crippen LogP contribution in [0.25, 0.3) is 22.3 Å². The van der Waals surface area contributed by atoms with Crippen LogP contribution in [0.2, 0.25) is 0 Å². The number of nitrogens with zero attached hydrogens (tertiary/aromatic N) is 4. The summed E-state index contributed by atoms with van der Waals surface area (Å²) in [5.74, 6) is 1.57. The number of methoxy groups -OCH3 is 2. The number of ether oxygens (including phenoxy) is 4. The lowest BCUT2D eigenvalue weighted by molar-refractivity contribution is -0.0354. The molecule has 1 aliphatic heterocycles. The van der Waals surface area contributed by atoms with Crippen LogP contribution >= 0.6 is 0 Å². The van der Waals surface area contributed by atoms with Gasteiger partial charge < -0.3 is 29.2 Å². The Morgan fingerprint density at radius 3 is 2.78 bits per heavy atom. The van der Waals surface area contributed by atoms with Crippen molar-refractivity contribution in [3.8, 4) is 28.6 Å². The molecule has 1 saturated heterocycles. The second kappa shape index (κ2) is 9.65. The minimum atomic E-state index is -0.278. The van der Waals surface area contributed by atoms with Gasteiger partial charge in [-0.3, -0.25) is 4.98 Å². The Hall–Kier alpha value is -3.66. The third-order valence-electron chi connectivity index (χ3n) is 5.15. The Morgan fingerprint density at radius 2 is 2.00 bits per heavy atom. The fourth-order valence-corrected chi connectivity index (χ4v) is 3.52. The predicted molar refractivity (Wildman–Crippen MR) is 117 cm³/mol. The molecule has 1 aliphatic rings. The van der Waals surface area contributed by atoms with Gasteiger partial charge in [0, 0.05) is 31.5 Å². The van der Waals surface area contributed by atoms with Crippen LogP contribution in [-0.2, 0) is 4.74 Å². The molecule has 2 aromatic heterocycles. The van der Waals surface area contributed by atoms with Gasteiger partial charge in [0.25, 0.3) is 0 Å². The Morgan fingerprint density at radius 1 is 1.19 bits per heavy atom. The van der Waals surface area contributed by atoms with Crippen molar-refractivity contribution in [2.24, 2.45) is 0 Å². The van der Waals surface area contributed by atoms with E-state index in [4.69, 9.17) is 18.9 Å². The molecule has 1 fully saturated rings. The minimum Gasteiger partial charge on any atom is -0.493 e. The first-order valence-corrected chi connectivity index (χ1v) is 10.2. The van der Waals surface area contributed by atoms with E-state index in [2.05, 4.69) is 20.3 Å². The summed E-state index contributed by atoms with van der Waals surface area (Å²) in [4.78, 5) is 27.1. The van der Waals surface area contributed by atoms with E-state index in [-0.39, 0.29) is 18.7 Å². The van der Waals surface area contributed by atoms with Crippen LogP contribution in [-0.4, -0.2) is 79.6 Å². The van der Waals surface area contributed by atoms with Crippen molar-refractivity contribution in [1.29, 1.82) is 0 Å². The molecular formula is C22H25N5O5. The number of benzene rings is 1. The number of carbonyl (C=O) groups is 1. The average Bonchev–Trinajstić information content (AvgIpc) is 2.86. The fourth-order valence-electron chi connectivity index (χ4n) is 3.52. The molecule has 0 bridgehead atoms. The van der Waals surface area contributed by atoms with Crippen LogP contribution in [0.3, 0.4) is 0 Å². The number of hydrogen-bond acceptors (Lipinski definition) is 8. The highest BCUT2D eigenvalue weighted by atomic mass is 16.5. The smallest absolute Gasteiger partial charge is 0.317 e. The maximum absolute atomic E-state index is 11.9. The third-order valence-corrected chi connectivity index (χ3v) is 5.15. The maximum Gasteiger partial charge on any atom is 0.317 e. The van der Waals surface area contributed by atoms with E-state index in [9.17, 15) is 4.79 Å². The van der Waals surface area contributed by atoms with Crippen molar-refractivity contribution in [2.45, 2.75) is 6.10 Å². The van der Waals surface area contributed by atoms with Gasteiger partial charge in [-0.15, -0.1) is 0 Å². The molecule has 10 heteroatoms. The number of pyridine rings is 1.